The summed E-state index contributed by atoms with van der Waals surface area (Å²) in [6, 6.07) is 24.2. The highest BCUT2D eigenvalue weighted by molar-refractivity contribution is 5.89. The number of carboxylic acids is 1. The average molecular weight is 663 g/mol. The number of likely N-dealkylation sites (N-methyl/N-ethyl adjacent to an activating group) is 1. The lowest BCUT2D eigenvalue weighted by atomic mass is 9.69. The summed E-state index contributed by atoms with van der Waals surface area (Å²) >= 11 is 0. The number of ether oxygens (including phenoxy) is 3. The monoisotopic (exact) mass is 662 g/mol. The van der Waals surface area contributed by atoms with Gasteiger partial charge in [-0.3, -0.25) is 9.69 Å². The Labute approximate surface area is 287 Å². The Hall–Kier alpha value is -5.48. The Morgan fingerprint density at radius 3 is 2.16 bits per heavy atom. The van der Waals surface area contributed by atoms with E-state index < -0.39 is 34.9 Å². The van der Waals surface area contributed by atoms with Crippen LogP contribution >= 0.6 is 0 Å². The van der Waals surface area contributed by atoms with Gasteiger partial charge in [-0.1, -0.05) is 63.2 Å². The second-order valence-electron chi connectivity index (χ2n) is 13.0. The standard InChI is InChI=1S/C39H42N4O6/c1-38(2,3)35(36(44)45)34(27-11-13-28(14-12-27)37(46)48-6)32-23-33(41-25-40-32)49-31-19-15-29(16-20-31)39(21-7-8-22-42-39)43(4)24-26-9-17-30(47-5)18-10-26/h7-23,25,34-35,42H,24H2,1-6H3,(H,44,45). The number of rotatable bonds is 12. The molecule has 1 aliphatic rings. The van der Waals surface area contributed by atoms with Gasteiger partial charge >= 0.3 is 11.9 Å². The molecule has 3 unspecified atom stereocenters. The summed E-state index contributed by atoms with van der Waals surface area (Å²) < 4.78 is 16.4. The van der Waals surface area contributed by atoms with Crippen molar-refractivity contribution < 1.29 is 28.9 Å². The number of aliphatic carboxylic acids is 1. The van der Waals surface area contributed by atoms with Gasteiger partial charge in [-0.15, -0.1) is 0 Å². The number of carbonyl (C=O) groups is 2. The lowest BCUT2D eigenvalue weighted by Gasteiger charge is -2.41. The van der Waals surface area contributed by atoms with Gasteiger partial charge in [0.05, 0.1) is 31.4 Å². The molecule has 10 heteroatoms. The quantitative estimate of drug-likeness (QED) is 0.155. The predicted molar refractivity (Wildman–Crippen MR) is 186 cm³/mol. The number of benzene rings is 3. The van der Waals surface area contributed by atoms with E-state index in [2.05, 4.69) is 45.4 Å². The molecule has 10 nitrogen and oxygen atoms in total. The molecule has 0 radical (unpaired) electrons. The SMILES string of the molecule is COC(=O)c1ccc(C(c2cc(Oc3ccc(C4(N(C)Cc5ccc(OC)cc5)C=CC=CN4)cc3)ncn2)C(C(=O)O)C(C)(C)C)cc1. The van der Waals surface area contributed by atoms with E-state index in [0.717, 1.165) is 16.9 Å². The molecule has 254 valence electrons. The summed E-state index contributed by atoms with van der Waals surface area (Å²) in [7, 11) is 5.04. The van der Waals surface area contributed by atoms with Gasteiger partial charge in [0.25, 0.3) is 0 Å². The summed E-state index contributed by atoms with van der Waals surface area (Å²) in [6.07, 6.45) is 9.41. The Bertz CT molecular complexity index is 1810. The third-order valence-corrected chi connectivity index (χ3v) is 8.75. The van der Waals surface area contributed by atoms with Crippen LogP contribution in [0.25, 0.3) is 0 Å². The Kier molecular flexibility index (Phi) is 10.5. The van der Waals surface area contributed by atoms with Gasteiger partial charge in [0.1, 0.15) is 23.5 Å². The maximum atomic E-state index is 12.7. The van der Waals surface area contributed by atoms with E-state index >= 15 is 0 Å². The van der Waals surface area contributed by atoms with Crippen LogP contribution in [0.5, 0.6) is 17.4 Å². The number of hydrogen-bond donors (Lipinski definition) is 2. The lowest BCUT2D eigenvalue weighted by molar-refractivity contribution is -0.146. The third-order valence-electron chi connectivity index (χ3n) is 8.75. The van der Waals surface area contributed by atoms with Gasteiger partial charge in [-0.25, -0.2) is 14.8 Å². The highest BCUT2D eigenvalue weighted by Gasteiger charge is 2.41. The lowest BCUT2D eigenvalue weighted by Crippen LogP contribution is -2.51. The summed E-state index contributed by atoms with van der Waals surface area (Å²) in [6.45, 7) is 6.33. The first-order chi connectivity index (χ1) is 23.4. The molecule has 0 fully saturated rings. The first-order valence-corrected chi connectivity index (χ1v) is 15.9. The minimum Gasteiger partial charge on any atom is -0.497 e. The first-order valence-electron chi connectivity index (χ1n) is 15.9. The summed E-state index contributed by atoms with van der Waals surface area (Å²) in [5.41, 5.74) is 2.45. The minimum absolute atomic E-state index is 0.275. The number of allylic oxidation sites excluding steroid dienone is 2. The van der Waals surface area contributed by atoms with Gasteiger partial charge < -0.3 is 24.6 Å². The number of nitrogens with zero attached hydrogens (tertiary/aromatic N) is 3. The van der Waals surface area contributed by atoms with Gasteiger partial charge in [0.15, 0.2) is 0 Å². The van der Waals surface area contributed by atoms with E-state index in [9.17, 15) is 14.7 Å². The van der Waals surface area contributed by atoms with Crippen molar-refractivity contribution in [1.29, 1.82) is 0 Å². The molecule has 3 atom stereocenters. The van der Waals surface area contributed by atoms with Crippen LogP contribution in [0.3, 0.4) is 0 Å². The number of esters is 1. The van der Waals surface area contributed by atoms with Crippen molar-refractivity contribution in [2.45, 2.75) is 38.9 Å². The average Bonchev–Trinajstić information content (AvgIpc) is 3.10. The molecule has 0 bridgehead atoms. The van der Waals surface area contributed by atoms with Crippen molar-refractivity contribution in [3.8, 4) is 17.4 Å². The number of carbonyl (C=O) groups excluding carboxylic acids is 1. The molecule has 3 aromatic carbocycles. The molecule has 2 N–H and O–H groups in total. The normalized spacial score (nSPS) is 16.8. The van der Waals surface area contributed by atoms with E-state index in [1.165, 1.54) is 13.4 Å². The molecular weight excluding hydrogens is 620 g/mol. The van der Waals surface area contributed by atoms with E-state index in [-0.39, 0.29) is 5.88 Å². The number of aromatic nitrogens is 2. The molecule has 0 spiro atoms. The Morgan fingerprint density at radius 2 is 1.59 bits per heavy atom. The van der Waals surface area contributed by atoms with Gasteiger partial charge in [0.2, 0.25) is 5.88 Å². The van der Waals surface area contributed by atoms with Crippen LogP contribution in [-0.2, 0) is 21.7 Å². The molecule has 0 saturated carbocycles. The fourth-order valence-electron chi connectivity index (χ4n) is 6.21. The summed E-state index contributed by atoms with van der Waals surface area (Å²) in [4.78, 5) is 35.9. The highest BCUT2D eigenvalue weighted by Crippen LogP contribution is 2.42. The van der Waals surface area contributed by atoms with Crippen molar-refractivity contribution in [2.24, 2.45) is 11.3 Å². The number of dihydropyridines is 1. The molecular formula is C39H42N4O6. The maximum Gasteiger partial charge on any atom is 0.337 e. The van der Waals surface area contributed by atoms with Crippen LogP contribution < -0.4 is 14.8 Å². The molecule has 4 aromatic rings. The zero-order valence-corrected chi connectivity index (χ0v) is 28.6. The smallest absolute Gasteiger partial charge is 0.337 e. The van der Waals surface area contributed by atoms with Crippen molar-refractivity contribution >= 4 is 11.9 Å². The second-order valence-corrected chi connectivity index (χ2v) is 13.0. The topological polar surface area (TPSA) is 123 Å². The summed E-state index contributed by atoms with van der Waals surface area (Å²) in [5, 5.41) is 14.0. The van der Waals surface area contributed by atoms with Crippen LogP contribution in [0.15, 0.2) is 110 Å². The van der Waals surface area contributed by atoms with Crippen LogP contribution in [-0.4, -0.2) is 53.2 Å². The van der Waals surface area contributed by atoms with E-state index in [4.69, 9.17) is 14.2 Å². The zero-order valence-electron chi connectivity index (χ0n) is 28.6. The van der Waals surface area contributed by atoms with E-state index in [1.807, 2.05) is 75.5 Å². The number of methoxy groups -OCH3 is 2. The number of nitrogens with one attached hydrogen (secondary N) is 1. The molecule has 0 amide bonds. The first kappa shape index (κ1) is 34.8. The molecule has 1 aliphatic heterocycles. The third kappa shape index (κ3) is 7.81. The van der Waals surface area contributed by atoms with E-state index in [1.54, 1.807) is 37.4 Å². The van der Waals surface area contributed by atoms with Crippen LogP contribution in [0, 0.1) is 11.3 Å². The fourth-order valence-corrected chi connectivity index (χ4v) is 6.21. The molecule has 0 aliphatic carbocycles. The molecule has 2 heterocycles. The number of hydrogen-bond acceptors (Lipinski definition) is 9. The largest absolute Gasteiger partial charge is 0.497 e. The van der Waals surface area contributed by atoms with Crippen LogP contribution in [0.1, 0.15) is 59.4 Å². The summed E-state index contributed by atoms with van der Waals surface area (Å²) in [5.74, 6) is -1.30. The van der Waals surface area contributed by atoms with Gasteiger partial charge in [-0.2, -0.15) is 0 Å². The fraction of sp³-hybridized carbons (Fsp3) is 0.282. The Morgan fingerprint density at radius 1 is 0.918 bits per heavy atom. The van der Waals surface area contributed by atoms with Crippen LogP contribution in [0.2, 0.25) is 0 Å². The zero-order chi connectivity index (χ0) is 35.2. The van der Waals surface area contributed by atoms with Crippen molar-refractivity contribution in [3.63, 3.8) is 0 Å². The van der Waals surface area contributed by atoms with Crippen molar-refractivity contribution in [2.75, 3.05) is 21.3 Å². The molecule has 0 saturated heterocycles. The Balaban J connectivity index is 1.42. The second kappa shape index (κ2) is 14.7. The van der Waals surface area contributed by atoms with Crippen LogP contribution in [0.4, 0.5) is 0 Å². The molecule has 49 heavy (non-hydrogen) atoms. The number of carboxylic acid groups (broad SMARTS) is 1. The molecule has 1 aromatic heterocycles. The minimum atomic E-state index is -0.961. The molecule has 5 rings (SSSR count). The predicted octanol–water partition coefficient (Wildman–Crippen LogP) is 6.90. The van der Waals surface area contributed by atoms with Crippen molar-refractivity contribution in [3.05, 3.63) is 138 Å². The van der Waals surface area contributed by atoms with Crippen molar-refractivity contribution in [1.82, 2.24) is 20.2 Å². The van der Waals surface area contributed by atoms with Gasteiger partial charge in [-0.05, 0) is 83.9 Å². The maximum absolute atomic E-state index is 12.7. The van der Waals surface area contributed by atoms with Gasteiger partial charge in [0, 0.05) is 18.5 Å². The highest BCUT2D eigenvalue weighted by atomic mass is 16.5. The van der Waals surface area contributed by atoms with E-state index in [0.29, 0.717) is 29.1 Å².